The molecule has 0 heterocycles. The summed E-state index contributed by atoms with van der Waals surface area (Å²) in [5.74, 6) is -0.650. The van der Waals surface area contributed by atoms with Gasteiger partial charge in [0.15, 0.2) is 0 Å². The second-order valence-corrected chi connectivity index (χ2v) is 8.21. The predicted molar refractivity (Wildman–Crippen MR) is 94.9 cm³/mol. The van der Waals surface area contributed by atoms with Gasteiger partial charge in [-0.2, -0.15) is 0 Å². The Balaban J connectivity index is 1.64. The van der Waals surface area contributed by atoms with Crippen LogP contribution in [-0.2, 0) is 27.9 Å². The third kappa shape index (κ3) is 4.46. The van der Waals surface area contributed by atoms with Crippen LogP contribution in [0.2, 0.25) is 0 Å². The average molecular weight is 377 g/mol. The zero-order valence-corrected chi connectivity index (χ0v) is 14.9. The van der Waals surface area contributed by atoms with Crippen molar-refractivity contribution in [2.45, 2.75) is 36.4 Å². The lowest BCUT2D eigenvalue weighted by molar-refractivity contribution is -0.123. The summed E-state index contributed by atoms with van der Waals surface area (Å²) >= 11 is 0. The lowest BCUT2D eigenvalue weighted by Gasteiger charge is -2.11. The fraction of sp³-hybridized carbons (Fsp3) is 0.278. The van der Waals surface area contributed by atoms with E-state index in [0.717, 1.165) is 0 Å². The van der Waals surface area contributed by atoms with Crippen LogP contribution in [-0.4, -0.2) is 19.9 Å². The Kier molecular flexibility index (Phi) is 5.08. The maximum Gasteiger partial charge on any atom is 0.240 e. The number of rotatable bonds is 7. The van der Waals surface area contributed by atoms with Crippen LogP contribution >= 0.6 is 0 Å². The van der Waals surface area contributed by atoms with Gasteiger partial charge in [0, 0.05) is 13.1 Å². The molecule has 1 amide bonds. The Morgan fingerprint density at radius 3 is 2.38 bits per heavy atom. The summed E-state index contributed by atoms with van der Waals surface area (Å²) in [6, 6.07) is 12.0. The molecule has 0 atom stereocenters. The van der Waals surface area contributed by atoms with Gasteiger partial charge in [-0.25, -0.2) is 17.5 Å². The fourth-order valence-corrected chi connectivity index (χ4v) is 3.54. The van der Waals surface area contributed by atoms with Crippen LogP contribution < -0.4 is 15.8 Å². The number of carbonyl (C=O) groups is 1. The largest absolute Gasteiger partial charge is 0.350 e. The molecule has 0 unspecified atom stereocenters. The van der Waals surface area contributed by atoms with Gasteiger partial charge in [-0.15, -0.1) is 0 Å². The molecule has 1 aliphatic carbocycles. The van der Waals surface area contributed by atoms with Crippen molar-refractivity contribution in [3.8, 4) is 0 Å². The van der Waals surface area contributed by atoms with E-state index in [0.29, 0.717) is 24.0 Å². The number of hydrogen-bond donors (Lipinski definition) is 3. The van der Waals surface area contributed by atoms with Gasteiger partial charge in [0.05, 0.1) is 10.4 Å². The van der Waals surface area contributed by atoms with Crippen molar-refractivity contribution in [3.63, 3.8) is 0 Å². The molecule has 0 bridgehead atoms. The van der Waals surface area contributed by atoms with E-state index in [1.54, 1.807) is 18.2 Å². The van der Waals surface area contributed by atoms with E-state index in [9.17, 15) is 17.6 Å². The van der Waals surface area contributed by atoms with Crippen LogP contribution in [0.1, 0.15) is 24.0 Å². The second kappa shape index (κ2) is 7.14. The molecule has 3 rings (SSSR count). The minimum atomic E-state index is -3.76. The van der Waals surface area contributed by atoms with Gasteiger partial charge in [0.2, 0.25) is 15.9 Å². The van der Waals surface area contributed by atoms with Gasteiger partial charge in [-0.1, -0.05) is 24.3 Å². The van der Waals surface area contributed by atoms with E-state index in [1.807, 2.05) is 0 Å². The third-order valence-electron chi connectivity index (χ3n) is 4.26. The van der Waals surface area contributed by atoms with Gasteiger partial charge in [0.25, 0.3) is 0 Å². The number of amides is 1. The Morgan fingerprint density at radius 1 is 1.08 bits per heavy atom. The van der Waals surface area contributed by atoms with Crippen LogP contribution in [0.25, 0.3) is 0 Å². The van der Waals surface area contributed by atoms with Crippen molar-refractivity contribution in [2.24, 2.45) is 5.73 Å². The Bertz CT molecular complexity index is 927. The van der Waals surface area contributed by atoms with Crippen molar-refractivity contribution in [1.82, 2.24) is 10.0 Å². The van der Waals surface area contributed by atoms with Crippen molar-refractivity contribution in [1.29, 1.82) is 0 Å². The lowest BCUT2D eigenvalue weighted by Crippen LogP contribution is -2.42. The highest BCUT2D eigenvalue weighted by atomic mass is 32.2. The molecule has 8 heteroatoms. The molecule has 1 fully saturated rings. The van der Waals surface area contributed by atoms with Crippen molar-refractivity contribution in [3.05, 3.63) is 65.5 Å². The van der Waals surface area contributed by atoms with E-state index in [-0.39, 0.29) is 23.9 Å². The summed E-state index contributed by atoms with van der Waals surface area (Å²) in [5.41, 5.74) is 6.22. The molecule has 0 aliphatic heterocycles. The fourth-order valence-electron chi connectivity index (χ4n) is 2.45. The number of nitrogens with two attached hydrogens (primary N) is 1. The quantitative estimate of drug-likeness (QED) is 0.679. The second-order valence-electron chi connectivity index (χ2n) is 6.44. The Labute approximate surface area is 151 Å². The summed E-state index contributed by atoms with van der Waals surface area (Å²) in [7, 11) is -3.76. The number of halogens is 1. The van der Waals surface area contributed by atoms with Crippen LogP contribution in [0, 0.1) is 5.82 Å². The van der Waals surface area contributed by atoms with Crippen LogP contribution in [0.4, 0.5) is 4.39 Å². The molecule has 1 aliphatic rings. The Morgan fingerprint density at radius 2 is 1.73 bits per heavy atom. The van der Waals surface area contributed by atoms with Gasteiger partial charge in [-0.05, 0) is 48.2 Å². The Hall–Kier alpha value is -2.29. The maximum absolute atomic E-state index is 13.2. The summed E-state index contributed by atoms with van der Waals surface area (Å²) in [5, 5.41) is 2.72. The minimum Gasteiger partial charge on any atom is -0.350 e. The summed E-state index contributed by atoms with van der Waals surface area (Å²) < 4.78 is 40.5. The molecule has 2 aromatic carbocycles. The molecular formula is C18H20FN3O3S. The first-order chi connectivity index (χ1) is 12.3. The van der Waals surface area contributed by atoms with Gasteiger partial charge in [-0.3, -0.25) is 4.79 Å². The minimum absolute atomic E-state index is 0.0171. The van der Waals surface area contributed by atoms with Crippen LogP contribution in [0.3, 0.4) is 0 Å². The molecule has 2 aromatic rings. The molecule has 26 heavy (non-hydrogen) atoms. The SMILES string of the molecule is NC1(C(=O)NCc2cccc(S(=O)(=O)NCc3cccc(F)c3)c2)CC1. The molecule has 0 aromatic heterocycles. The zero-order valence-electron chi connectivity index (χ0n) is 14.0. The van der Waals surface area contributed by atoms with E-state index in [2.05, 4.69) is 10.0 Å². The molecule has 6 nitrogen and oxygen atoms in total. The van der Waals surface area contributed by atoms with E-state index in [4.69, 9.17) is 5.73 Å². The van der Waals surface area contributed by atoms with Gasteiger partial charge < -0.3 is 11.1 Å². The number of sulfonamides is 1. The summed E-state index contributed by atoms with van der Waals surface area (Å²) in [6.07, 6.45) is 1.33. The molecule has 0 spiro atoms. The average Bonchev–Trinajstić information content (AvgIpc) is 3.37. The van der Waals surface area contributed by atoms with Gasteiger partial charge >= 0.3 is 0 Å². The number of carbonyl (C=O) groups excluding carboxylic acids is 1. The molecule has 1 saturated carbocycles. The standard InChI is InChI=1S/C18H20FN3O3S/c19-15-5-1-3-13(9-15)12-22-26(24,25)16-6-2-4-14(10-16)11-21-17(23)18(20)7-8-18/h1-6,9-10,22H,7-8,11-12,20H2,(H,21,23). The molecule has 138 valence electrons. The van der Waals surface area contributed by atoms with E-state index >= 15 is 0 Å². The van der Waals surface area contributed by atoms with E-state index in [1.165, 1.54) is 30.3 Å². The summed E-state index contributed by atoms with van der Waals surface area (Å²) in [4.78, 5) is 12.0. The highest BCUT2D eigenvalue weighted by Gasteiger charge is 2.45. The molecule has 4 N–H and O–H groups in total. The highest BCUT2D eigenvalue weighted by Crippen LogP contribution is 2.32. The highest BCUT2D eigenvalue weighted by molar-refractivity contribution is 7.89. The molecule has 0 radical (unpaired) electrons. The topological polar surface area (TPSA) is 101 Å². The first-order valence-corrected chi connectivity index (χ1v) is 9.67. The third-order valence-corrected chi connectivity index (χ3v) is 5.66. The first-order valence-electron chi connectivity index (χ1n) is 8.19. The van der Waals surface area contributed by atoms with Gasteiger partial charge in [0.1, 0.15) is 5.82 Å². The monoisotopic (exact) mass is 377 g/mol. The van der Waals surface area contributed by atoms with Crippen molar-refractivity contribution >= 4 is 15.9 Å². The van der Waals surface area contributed by atoms with Crippen LogP contribution in [0.15, 0.2) is 53.4 Å². The number of benzene rings is 2. The molecular weight excluding hydrogens is 357 g/mol. The number of nitrogens with one attached hydrogen (secondary N) is 2. The van der Waals surface area contributed by atoms with Crippen LogP contribution in [0.5, 0.6) is 0 Å². The zero-order chi connectivity index (χ0) is 18.8. The lowest BCUT2D eigenvalue weighted by atomic mass is 10.2. The first kappa shape index (κ1) is 18.5. The van der Waals surface area contributed by atoms with Crippen molar-refractivity contribution < 1.29 is 17.6 Å². The van der Waals surface area contributed by atoms with E-state index < -0.39 is 21.4 Å². The van der Waals surface area contributed by atoms with Crippen molar-refractivity contribution in [2.75, 3.05) is 0 Å². The smallest absolute Gasteiger partial charge is 0.240 e. The normalized spacial score (nSPS) is 15.5. The molecule has 0 saturated heterocycles. The maximum atomic E-state index is 13.2. The summed E-state index contributed by atoms with van der Waals surface area (Å²) in [6.45, 7) is 0.182. The number of hydrogen-bond acceptors (Lipinski definition) is 4. The predicted octanol–water partition coefficient (Wildman–Crippen LogP) is 1.41.